The number of rotatable bonds is 14. The lowest BCUT2D eigenvalue weighted by molar-refractivity contribution is -0.127. The molecule has 0 aliphatic carbocycles. The zero-order chi connectivity index (χ0) is 31.0. The van der Waals surface area contributed by atoms with Crippen LogP contribution in [0.2, 0.25) is 0 Å². The predicted octanol–water partition coefficient (Wildman–Crippen LogP) is 7.05. The number of likely N-dealkylation sites (N-methyl/N-ethyl adjacent to an activating group) is 1. The van der Waals surface area contributed by atoms with E-state index in [0.717, 1.165) is 37.7 Å². The Morgan fingerprint density at radius 1 is 0.700 bits per heavy atom. The molecule has 0 heterocycles. The van der Waals surface area contributed by atoms with Gasteiger partial charge in [-0.1, -0.05) is 127 Å². The number of amides is 2. The number of aryl methyl sites for hydroxylation is 1. The summed E-state index contributed by atoms with van der Waals surface area (Å²) in [6, 6.07) is 19.7. The lowest BCUT2D eigenvalue weighted by atomic mass is 10.1. The summed E-state index contributed by atoms with van der Waals surface area (Å²) in [4.78, 5) is 34.9. The fourth-order valence-corrected chi connectivity index (χ4v) is 3.32. The summed E-state index contributed by atoms with van der Waals surface area (Å²) in [5.41, 5.74) is 2.39. The van der Waals surface area contributed by atoms with Crippen LogP contribution in [0.1, 0.15) is 98.1 Å². The molecule has 40 heavy (non-hydrogen) atoms. The van der Waals surface area contributed by atoms with E-state index >= 15 is 0 Å². The van der Waals surface area contributed by atoms with Crippen LogP contribution < -0.4 is 16.0 Å². The Morgan fingerprint density at radius 2 is 1.20 bits per heavy atom. The lowest BCUT2D eigenvalue weighted by Gasteiger charge is -2.16. The quantitative estimate of drug-likeness (QED) is 0.217. The van der Waals surface area contributed by atoms with Gasteiger partial charge >= 0.3 is 0 Å². The van der Waals surface area contributed by atoms with Crippen molar-refractivity contribution in [1.29, 1.82) is 0 Å². The van der Waals surface area contributed by atoms with E-state index in [1.807, 2.05) is 90.1 Å². The van der Waals surface area contributed by atoms with Crippen molar-refractivity contribution in [3.05, 3.63) is 71.8 Å². The van der Waals surface area contributed by atoms with Crippen molar-refractivity contribution in [2.45, 2.75) is 106 Å². The SMILES string of the molecule is CC.CC.CC.CNC(Cc1ccccc1)C(=O)NCC(=O)NCCCCCCCC(C)=O.Cc1ccccc1. The zero-order valence-electron chi connectivity index (χ0n) is 26.9. The molecule has 3 N–H and O–H groups in total. The van der Waals surface area contributed by atoms with Gasteiger partial charge in [0.05, 0.1) is 12.6 Å². The maximum atomic E-state index is 12.2. The molecule has 6 heteroatoms. The highest BCUT2D eigenvalue weighted by Gasteiger charge is 2.17. The van der Waals surface area contributed by atoms with Crippen molar-refractivity contribution in [3.8, 4) is 0 Å². The van der Waals surface area contributed by atoms with Crippen LogP contribution in [0.3, 0.4) is 0 Å². The Kier molecular flexibility index (Phi) is 33.4. The van der Waals surface area contributed by atoms with E-state index in [1.54, 1.807) is 14.0 Å². The van der Waals surface area contributed by atoms with E-state index in [0.29, 0.717) is 19.4 Å². The number of carbonyl (C=O) groups is 3. The number of ketones is 1. The predicted molar refractivity (Wildman–Crippen MR) is 173 cm³/mol. The summed E-state index contributed by atoms with van der Waals surface area (Å²) in [5, 5.41) is 8.51. The molecule has 2 aromatic rings. The molecule has 6 nitrogen and oxygen atoms in total. The largest absolute Gasteiger partial charge is 0.355 e. The fraction of sp³-hybridized carbons (Fsp3) is 0.559. The molecule has 228 valence electrons. The summed E-state index contributed by atoms with van der Waals surface area (Å²) in [6.45, 7) is 16.3. The van der Waals surface area contributed by atoms with Gasteiger partial charge in [-0.3, -0.25) is 9.59 Å². The smallest absolute Gasteiger partial charge is 0.239 e. The molecule has 0 fully saturated rings. The number of unbranched alkanes of at least 4 members (excludes halogenated alkanes) is 4. The van der Waals surface area contributed by atoms with Gasteiger partial charge in [0.25, 0.3) is 0 Å². The van der Waals surface area contributed by atoms with Gasteiger partial charge in [-0.15, -0.1) is 0 Å². The summed E-state index contributed by atoms with van der Waals surface area (Å²) >= 11 is 0. The van der Waals surface area contributed by atoms with Crippen molar-refractivity contribution in [1.82, 2.24) is 16.0 Å². The van der Waals surface area contributed by atoms with Crippen LogP contribution in [0.5, 0.6) is 0 Å². The zero-order valence-corrected chi connectivity index (χ0v) is 26.9. The standard InChI is InChI=1S/C21H33N3O3.C7H8.3C2H6/c1-17(25)11-7-4-3-5-10-14-23-20(26)16-24-21(27)19(22-2)15-18-12-8-6-9-13-18;1-7-5-3-2-4-6-7;3*1-2/h6,8-9,12-13,19,22H,3-5,7,10-11,14-16H2,1-2H3,(H,23,26)(H,24,27);2-6H,1H3;3*1-2H3. The fourth-order valence-electron chi connectivity index (χ4n) is 3.32. The minimum absolute atomic E-state index is 0.00951. The molecule has 1 atom stereocenters. The number of hydrogen-bond acceptors (Lipinski definition) is 4. The van der Waals surface area contributed by atoms with Gasteiger partial charge in [0.2, 0.25) is 11.8 Å². The van der Waals surface area contributed by atoms with E-state index in [1.165, 1.54) is 5.56 Å². The summed E-state index contributed by atoms with van der Waals surface area (Å²) in [7, 11) is 1.74. The molecule has 0 bridgehead atoms. The number of nitrogens with one attached hydrogen (secondary N) is 3. The third-order valence-corrected chi connectivity index (χ3v) is 5.34. The van der Waals surface area contributed by atoms with Crippen molar-refractivity contribution in [3.63, 3.8) is 0 Å². The van der Waals surface area contributed by atoms with E-state index in [9.17, 15) is 14.4 Å². The molecule has 0 aliphatic heterocycles. The van der Waals surface area contributed by atoms with Crippen molar-refractivity contribution in [2.75, 3.05) is 20.1 Å². The van der Waals surface area contributed by atoms with Gasteiger partial charge in [0, 0.05) is 13.0 Å². The maximum Gasteiger partial charge on any atom is 0.239 e. The van der Waals surface area contributed by atoms with Crippen LogP contribution in [-0.2, 0) is 20.8 Å². The number of Topliss-reactive ketones (excluding diaryl/α,β-unsaturated/α-hetero) is 1. The van der Waals surface area contributed by atoms with Crippen LogP contribution in [0, 0.1) is 6.92 Å². The highest BCUT2D eigenvalue weighted by Crippen LogP contribution is 2.05. The molecule has 0 spiro atoms. The maximum absolute atomic E-state index is 12.2. The van der Waals surface area contributed by atoms with Crippen molar-refractivity contribution in [2.24, 2.45) is 0 Å². The van der Waals surface area contributed by atoms with Gasteiger partial charge in [-0.25, -0.2) is 0 Å². The monoisotopic (exact) mass is 557 g/mol. The molecular weight excluding hydrogens is 498 g/mol. The number of carbonyl (C=O) groups excluding carboxylic acids is 3. The van der Waals surface area contributed by atoms with Crippen molar-refractivity contribution < 1.29 is 14.4 Å². The van der Waals surface area contributed by atoms with Crippen LogP contribution >= 0.6 is 0 Å². The Morgan fingerprint density at radius 3 is 1.68 bits per heavy atom. The molecule has 0 saturated carbocycles. The molecule has 1 unspecified atom stereocenters. The van der Waals surface area contributed by atoms with Crippen molar-refractivity contribution >= 4 is 17.6 Å². The number of hydrogen-bond donors (Lipinski definition) is 3. The highest BCUT2D eigenvalue weighted by molar-refractivity contribution is 5.87. The second kappa shape index (κ2) is 32.2. The van der Waals surface area contributed by atoms with Crippen LogP contribution in [0.25, 0.3) is 0 Å². The Labute approximate surface area is 246 Å². The first-order chi connectivity index (χ1) is 19.4. The minimum Gasteiger partial charge on any atom is -0.355 e. The summed E-state index contributed by atoms with van der Waals surface area (Å²) < 4.78 is 0. The Balaban J connectivity index is -0.000000876. The molecule has 0 aliphatic rings. The average Bonchev–Trinajstić information content (AvgIpc) is 3.00. The van der Waals surface area contributed by atoms with Crippen LogP contribution in [0.15, 0.2) is 60.7 Å². The third-order valence-electron chi connectivity index (χ3n) is 5.34. The molecule has 2 rings (SSSR count). The first-order valence-electron chi connectivity index (χ1n) is 15.2. The number of benzene rings is 2. The van der Waals surface area contributed by atoms with Gasteiger partial charge < -0.3 is 20.7 Å². The van der Waals surface area contributed by atoms with Gasteiger partial charge in [0.1, 0.15) is 5.78 Å². The van der Waals surface area contributed by atoms with E-state index < -0.39 is 0 Å². The molecule has 0 saturated heterocycles. The summed E-state index contributed by atoms with van der Waals surface area (Å²) in [6.07, 6.45) is 6.25. The van der Waals surface area contributed by atoms with E-state index in [4.69, 9.17) is 0 Å². The minimum atomic E-state index is -0.366. The third kappa shape index (κ3) is 26.6. The topological polar surface area (TPSA) is 87.3 Å². The van der Waals surface area contributed by atoms with E-state index in [2.05, 4.69) is 35.0 Å². The van der Waals surface area contributed by atoms with Gasteiger partial charge in [0.15, 0.2) is 0 Å². The lowest BCUT2D eigenvalue weighted by Crippen LogP contribution is -2.47. The molecule has 0 aromatic heterocycles. The second-order valence-electron chi connectivity index (χ2n) is 8.47. The first-order valence-corrected chi connectivity index (χ1v) is 15.2. The van der Waals surface area contributed by atoms with E-state index in [-0.39, 0.29) is 30.2 Å². The molecular formula is C34H59N3O3. The summed E-state index contributed by atoms with van der Waals surface area (Å²) in [5.74, 6) is -0.106. The molecule has 2 amide bonds. The normalized spacial score (nSPS) is 9.82. The van der Waals surface area contributed by atoms with Gasteiger partial charge in [-0.05, 0) is 45.7 Å². The molecule has 0 radical (unpaired) electrons. The van der Waals surface area contributed by atoms with Crippen LogP contribution in [-0.4, -0.2) is 43.8 Å². The van der Waals surface area contributed by atoms with Crippen LogP contribution in [0.4, 0.5) is 0 Å². The molecule has 2 aromatic carbocycles. The average molecular weight is 558 g/mol. The Hall–Kier alpha value is -2.99. The Bertz CT molecular complexity index is 827. The highest BCUT2D eigenvalue weighted by atomic mass is 16.2. The first kappa shape index (κ1) is 41.5. The second-order valence-corrected chi connectivity index (χ2v) is 8.47. The van der Waals surface area contributed by atoms with Gasteiger partial charge in [-0.2, -0.15) is 0 Å².